The van der Waals surface area contributed by atoms with Gasteiger partial charge in [-0.1, -0.05) is 54.4 Å². The number of carbonyl (C=O) groups is 2. The topological polar surface area (TPSA) is 43.9 Å². The molecule has 0 saturated carbocycles. The molecule has 7 heteroatoms. The average Bonchev–Trinajstić information content (AvgIpc) is 2.87. The second-order valence-corrected chi connectivity index (χ2v) is 10.3. The molecule has 3 rings (SSSR count). The van der Waals surface area contributed by atoms with Crippen LogP contribution in [0.25, 0.3) is 0 Å². The number of hydrogen-bond acceptors (Lipinski definition) is 3. The van der Waals surface area contributed by atoms with Gasteiger partial charge in [0, 0.05) is 57.7 Å². The molecule has 0 N–H and O–H groups in total. The quantitative estimate of drug-likeness (QED) is 0.390. The monoisotopic (exact) mass is 517 g/mol. The standard InChI is InChI=1S/C28H37Cl2N3O2/c1-4-15-33(21(2)34)25-13-17-32(18-14-25)16-12-24(23-10-11-26(29)27(30)19-23)20-31(3)28(35)22-8-6-5-7-9-22/h5-11,19,24-25H,4,12-18,20H2,1-3H3. The van der Waals surface area contributed by atoms with Crippen LogP contribution >= 0.6 is 23.2 Å². The summed E-state index contributed by atoms with van der Waals surface area (Å²) >= 11 is 12.5. The van der Waals surface area contributed by atoms with Gasteiger partial charge in [0.15, 0.2) is 0 Å². The van der Waals surface area contributed by atoms with Crippen LogP contribution in [0.4, 0.5) is 0 Å². The lowest BCUT2D eigenvalue weighted by Crippen LogP contribution is -2.47. The van der Waals surface area contributed by atoms with Crippen LogP contribution in [-0.2, 0) is 4.79 Å². The Morgan fingerprint density at radius 3 is 2.34 bits per heavy atom. The number of likely N-dealkylation sites (N-methyl/N-ethyl adjacent to an activating group) is 1. The van der Waals surface area contributed by atoms with Gasteiger partial charge in [0.1, 0.15) is 0 Å². The van der Waals surface area contributed by atoms with Crippen LogP contribution in [0.3, 0.4) is 0 Å². The molecule has 1 fully saturated rings. The fraction of sp³-hybridized carbons (Fsp3) is 0.500. The van der Waals surface area contributed by atoms with Gasteiger partial charge in [-0.25, -0.2) is 0 Å². The molecule has 0 aromatic heterocycles. The van der Waals surface area contributed by atoms with E-state index >= 15 is 0 Å². The summed E-state index contributed by atoms with van der Waals surface area (Å²) in [5.41, 5.74) is 1.78. The minimum atomic E-state index is 0.0109. The first-order valence-electron chi connectivity index (χ1n) is 12.5. The van der Waals surface area contributed by atoms with Crippen molar-refractivity contribution in [3.63, 3.8) is 0 Å². The van der Waals surface area contributed by atoms with E-state index in [0.29, 0.717) is 28.2 Å². The number of nitrogens with zero attached hydrogens (tertiary/aromatic N) is 3. The van der Waals surface area contributed by atoms with Crippen LogP contribution in [0.5, 0.6) is 0 Å². The zero-order valence-electron chi connectivity index (χ0n) is 21.1. The van der Waals surface area contributed by atoms with Gasteiger partial charge in [0.25, 0.3) is 5.91 Å². The Bertz CT molecular complexity index is 977. The molecule has 0 spiro atoms. The largest absolute Gasteiger partial charge is 0.341 e. The highest BCUT2D eigenvalue weighted by molar-refractivity contribution is 6.42. The molecule has 2 amide bonds. The molecule has 5 nitrogen and oxygen atoms in total. The van der Waals surface area contributed by atoms with Crippen LogP contribution in [0.1, 0.15) is 61.4 Å². The maximum Gasteiger partial charge on any atom is 0.253 e. The smallest absolute Gasteiger partial charge is 0.253 e. The van der Waals surface area contributed by atoms with Crippen molar-refractivity contribution in [2.24, 2.45) is 0 Å². The first-order chi connectivity index (χ1) is 16.8. The van der Waals surface area contributed by atoms with E-state index in [1.165, 1.54) is 0 Å². The number of halogens is 2. The zero-order valence-corrected chi connectivity index (χ0v) is 22.6. The van der Waals surface area contributed by atoms with Crippen molar-refractivity contribution in [2.75, 3.05) is 39.8 Å². The lowest BCUT2D eigenvalue weighted by atomic mass is 9.93. The zero-order chi connectivity index (χ0) is 25.4. The molecule has 1 unspecified atom stereocenters. The fourth-order valence-electron chi connectivity index (χ4n) is 4.98. The van der Waals surface area contributed by atoms with Gasteiger partial charge in [0.05, 0.1) is 10.0 Å². The third-order valence-electron chi connectivity index (χ3n) is 6.94. The van der Waals surface area contributed by atoms with E-state index in [9.17, 15) is 9.59 Å². The molecule has 1 aliphatic rings. The summed E-state index contributed by atoms with van der Waals surface area (Å²) in [6, 6.07) is 15.5. The fourth-order valence-corrected chi connectivity index (χ4v) is 5.28. The Morgan fingerprint density at radius 1 is 1.06 bits per heavy atom. The summed E-state index contributed by atoms with van der Waals surface area (Å²) in [5.74, 6) is 0.321. The maximum absolute atomic E-state index is 13.0. The Morgan fingerprint density at radius 2 is 1.74 bits per heavy atom. The first kappa shape index (κ1) is 27.5. The molecule has 35 heavy (non-hydrogen) atoms. The van der Waals surface area contributed by atoms with Crippen molar-refractivity contribution in [1.82, 2.24) is 14.7 Å². The van der Waals surface area contributed by atoms with Gasteiger partial charge in [0.2, 0.25) is 5.91 Å². The van der Waals surface area contributed by atoms with Gasteiger partial charge in [-0.15, -0.1) is 0 Å². The normalized spacial score (nSPS) is 15.6. The Balaban J connectivity index is 1.65. The van der Waals surface area contributed by atoms with E-state index in [1.807, 2.05) is 60.5 Å². The number of piperidine rings is 1. The third kappa shape index (κ3) is 7.70. The minimum absolute atomic E-state index is 0.0109. The molecule has 0 bridgehead atoms. The van der Waals surface area contributed by atoms with Gasteiger partial charge in [-0.05, 0) is 62.1 Å². The van der Waals surface area contributed by atoms with E-state index in [2.05, 4.69) is 11.8 Å². The van der Waals surface area contributed by atoms with Gasteiger partial charge in [-0.2, -0.15) is 0 Å². The summed E-state index contributed by atoms with van der Waals surface area (Å²) in [7, 11) is 1.86. The molecule has 1 saturated heterocycles. The molecule has 2 aromatic rings. The molecular formula is C28H37Cl2N3O2. The Kier molecular flexibility index (Phi) is 10.4. The molecule has 0 aliphatic carbocycles. The lowest BCUT2D eigenvalue weighted by Gasteiger charge is -2.38. The minimum Gasteiger partial charge on any atom is -0.341 e. The van der Waals surface area contributed by atoms with Crippen molar-refractivity contribution in [3.8, 4) is 0 Å². The van der Waals surface area contributed by atoms with Crippen molar-refractivity contribution in [3.05, 3.63) is 69.7 Å². The van der Waals surface area contributed by atoms with Crippen LogP contribution in [0, 0.1) is 0 Å². The number of likely N-dealkylation sites (tertiary alicyclic amines) is 1. The van der Waals surface area contributed by atoms with Crippen molar-refractivity contribution < 1.29 is 9.59 Å². The average molecular weight is 519 g/mol. The van der Waals surface area contributed by atoms with Crippen molar-refractivity contribution in [1.29, 1.82) is 0 Å². The first-order valence-corrected chi connectivity index (χ1v) is 13.3. The second-order valence-electron chi connectivity index (χ2n) is 9.50. The highest BCUT2D eigenvalue weighted by Gasteiger charge is 2.27. The van der Waals surface area contributed by atoms with Gasteiger partial charge in [-0.3, -0.25) is 9.59 Å². The van der Waals surface area contributed by atoms with E-state index in [4.69, 9.17) is 23.2 Å². The summed E-state index contributed by atoms with van der Waals surface area (Å²) in [4.78, 5) is 31.4. The highest BCUT2D eigenvalue weighted by Crippen LogP contribution is 2.29. The van der Waals surface area contributed by atoms with E-state index in [0.717, 1.165) is 57.4 Å². The molecule has 0 radical (unpaired) electrons. The van der Waals surface area contributed by atoms with E-state index < -0.39 is 0 Å². The predicted octanol–water partition coefficient (Wildman–Crippen LogP) is 5.96. The maximum atomic E-state index is 13.0. The van der Waals surface area contributed by atoms with Gasteiger partial charge < -0.3 is 14.7 Å². The number of amides is 2. The lowest BCUT2D eigenvalue weighted by molar-refractivity contribution is -0.132. The molecule has 2 aromatic carbocycles. The summed E-state index contributed by atoms with van der Waals surface area (Å²) < 4.78 is 0. The molecule has 1 heterocycles. The number of hydrogen-bond donors (Lipinski definition) is 0. The van der Waals surface area contributed by atoms with Gasteiger partial charge >= 0.3 is 0 Å². The Hall–Kier alpha value is -2.08. The van der Waals surface area contributed by atoms with E-state index in [1.54, 1.807) is 11.8 Å². The van der Waals surface area contributed by atoms with Crippen LogP contribution in [-0.4, -0.2) is 72.3 Å². The van der Waals surface area contributed by atoms with Crippen LogP contribution in [0.15, 0.2) is 48.5 Å². The summed E-state index contributed by atoms with van der Waals surface area (Å²) in [6.45, 7) is 8.11. The van der Waals surface area contributed by atoms with Crippen molar-refractivity contribution in [2.45, 2.75) is 51.5 Å². The van der Waals surface area contributed by atoms with Crippen LogP contribution in [0.2, 0.25) is 10.0 Å². The molecule has 1 atom stereocenters. The highest BCUT2D eigenvalue weighted by atomic mass is 35.5. The molecule has 1 aliphatic heterocycles. The SMILES string of the molecule is CCCN(C(C)=O)C1CCN(CCC(CN(C)C(=O)c2ccccc2)c2ccc(Cl)c(Cl)c2)CC1. The van der Waals surface area contributed by atoms with E-state index in [-0.39, 0.29) is 17.7 Å². The second kappa shape index (κ2) is 13.3. The number of benzene rings is 2. The molecular weight excluding hydrogens is 481 g/mol. The van der Waals surface area contributed by atoms with Crippen molar-refractivity contribution >= 4 is 35.0 Å². The summed E-state index contributed by atoms with van der Waals surface area (Å²) in [5, 5.41) is 1.07. The van der Waals surface area contributed by atoms with Crippen LogP contribution < -0.4 is 0 Å². The number of rotatable bonds is 10. The Labute approximate surface area is 220 Å². The summed E-state index contributed by atoms with van der Waals surface area (Å²) in [6.07, 6.45) is 3.90. The predicted molar refractivity (Wildman–Crippen MR) is 144 cm³/mol. The third-order valence-corrected chi connectivity index (χ3v) is 7.68. The molecule has 190 valence electrons. The number of carbonyl (C=O) groups excluding carboxylic acids is 2.